The van der Waals surface area contributed by atoms with Crippen LogP contribution in [0.3, 0.4) is 0 Å². The minimum Gasteiger partial charge on any atom is -1.00 e. The third kappa shape index (κ3) is 7.95. The van der Waals surface area contributed by atoms with Gasteiger partial charge in [-0.1, -0.05) is 65.7 Å². The van der Waals surface area contributed by atoms with Crippen molar-refractivity contribution >= 4 is 42.2 Å². The van der Waals surface area contributed by atoms with Gasteiger partial charge in [0.2, 0.25) is 10.0 Å². The second-order valence-corrected chi connectivity index (χ2v) is 14.6. The molecule has 0 saturated carbocycles. The van der Waals surface area contributed by atoms with Crippen LogP contribution in [0.2, 0.25) is 0 Å². The maximum absolute atomic E-state index is 14.1. The van der Waals surface area contributed by atoms with Crippen LogP contribution in [-0.4, -0.2) is 43.4 Å². The van der Waals surface area contributed by atoms with Crippen molar-refractivity contribution in [3.8, 4) is 0 Å². The highest BCUT2D eigenvalue weighted by molar-refractivity contribution is 7.89. The first-order valence-electron chi connectivity index (χ1n) is 15.1. The number of sulfonamides is 1. The lowest BCUT2D eigenvalue weighted by atomic mass is 10.1. The molecule has 5 aromatic rings. The average Bonchev–Trinajstić information content (AvgIpc) is 3.45. The number of halogens is 1. The first kappa shape index (κ1) is 33.3. The molecule has 0 aliphatic rings. The zero-order chi connectivity index (χ0) is 29.7. The van der Waals surface area contributed by atoms with Crippen LogP contribution < -0.4 is 17.0 Å². The molecule has 0 bridgehead atoms. The van der Waals surface area contributed by atoms with Gasteiger partial charge in [-0.3, -0.25) is 0 Å². The van der Waals surface area contributed by atoms with Gasteiger partial charge >= 0.3 is 0 Å². The van der Waals surface area contributed by atoms with Crippen molar-refractivity contribution in [3.63, 3.8) is 0 Å². The molecule has 4 nitrogen and oxygen atoms in total. The number of thiophene rings is 1. The van der Waals surface area contributed by atoms with Crippen LogP contribution in [0, 0.1) is 13.8 Å². The van der Waals surface area contributed by atoms with E-state index in [4.69, 9.17) is 0 Å². The number of quaternary nitrogens is 1. The van der Waals surface area contributed by atoms with Gasteiger partial charge < -0.3 is 21.5 Å². The number of nitrogens with zero attached hydrogens (tertiary/aromatic N) is 2. The molecule has 0 aliphatic heterocycles. The molecule has 0 fully saturated rings. The molecule has 1 heterocycles. The zero-order valence-corrected chi connectivity index (χ0v) is 28.9. The second-order valence-electron chi connectivity index (χ2n) is 11.7. The van der Waals surface area contributed by atoms with Crippen LogP contribution in [-0.2, 0) is 23.1 Å². The van der Waals surface area contributed by atoms with Crippen molar-refractivity contribution in [1.29, 1.82) is 0 Å². The highest BCUT2D eigenvalue weighted by atomic mass is 79.9. The highest BCUT2D eigenvalue weighted by Crippen LogP contribution is 2.27. The number of aryl methyl sites for hydroxylation is 2. The van der Waals surface area contributed by atoms with Gasteiger partial charge in [-0.25, -0.2) is 8.42 Å². The summed E-state index contributed by atoms with van der Waals surface area (Å²) in [5.41, 5.74) is 5.03. The summed E-state index contributed by atoms with van der Waals surface area (Å²) < 4.78 is 32.2. The molecule has 0 N–H and O–H groups in total. The minimum absolute atomic E-state index is 0. The summed E-state index contributed by atoms with van der Waals surface area (Å²) in [7, 11) is -3.68. The summed E-state index contributed by atoms with van der Waals surface area (Å²) in [6.45, 7) is 13.9. The third-order valence-corrected chi connectivity index (χ3v) is 11.4. The SMILES string of the molecule is CC[N+](CC)(CCCCN(Cc1ccc2sccc2c1)S(=O)(=O)c1ccc2ccccc2c1)Cc1cc(C)cc(C)c1.[Br-]. The van der Waals surface area contributed by atoms with Crippen LogP contribution in [0.5, 0.6) is 0 Å². The lowest BCUT2D eigenvalue weighted by Gasteiger charge is -2.37. The monoisotopic (exact) mass is 678 g/mol. The Morgan fingerprint density at radius 2 is 1.47 bits per heavy atom. The van der Waals surface area contributed by atoms with Gasteiger partial charge in [-0.05, 0) is 98.0 Å². The Balaban J connectivity index is 0.00000423. The van der Waals surface area contributed by atoms with E-state index in [1.54, 1.807) is 21.7 Å². The van der Waals surface area contributed by atoms with Crippen LogP contribution >= 0.6 is 11.3 Å². The van der Waals surface area contributed by atoms with Crippen molar-refractivity contribution in [2.75, 3.05) is 26.2 Å². The molecular weight excluding hydrogens is 636 g/mol. The number of rotatable bonds is 13. The summed E-state index contributed by atoms with van der Waals surface area (Å²) in [4.78, 5) is 0.361. The number of fused-ring (bicyclic) bond motifs is 2. The summed E-state index contributed by atoms with van der Waals surface area (Å²) in [5, 5.41) is 5.24. The number of benzene rings is 4. The molecule has 0 unspecified atom stereocenters. The molecule has 0 saturated heterocycles. The molecule has 4 aromatic carbocycles. The zero-order valence-electron chi connectivity index (χ0n) is 25.7. The average molecular weight is 680 g/mol. The molecule has 5 rings (SSSR count). The predicted octanol–water partition coefficient (Wildman–Crippen LogP) is 5.70. The Labute approximate surface area is 272 Å². The molecule has 0 spiro atoms. The molecular formula is C36H43BrN2O2S2. The molecule has 1 aromatic heterocycles. The molecule has 0 radical (unpaired) electrons. The molecule has 0 amide bonds. The number of hydrogen-bond donors (Lipinski definition) is 0. The van der Waals surface area contributed by atoms with Crippen molar-refractivity contribution in [3.05, 3.63) is 113 Å². The normalized spacial score (nSPS) is 12.2. The number of unbranched alkanes of at least 4 members (excludes halogenated alkanes) is 1. The largest absolute Gasteiger partial charge is 1.00 e. The van der Waals surface area contributed by atoms with E-state index in [2.05, 4.69) is 75.5 Å². The van der Waals surface area contributed by atoms with Crippen molar-refractivity contribution in [2.24, 2.45) is 0 Å². The van der Waals surface area contributed by atoms with Crippen molar-refractivity contribution in [1.82, 2.24) is 4.31 Å². The fraction of sp³-hybridized carbons (Fsp3) is 0.333. The van der Waals surface area contributed by atoms with Gasteiger partial charge in [0.1, 0.15) is 6.54 Å². The van der Waals surface area contributed by atoms with Gasteiger partial charge in [0, 0.05) is 23.4 Å². The van der Waals surface area contributed by atoms with Crippen LogP contribution in [0.15, 0.2) is 95.2 Å². The van der Waals surface area contributed by atoms with E-state index in [1.807, 2.05) is 36.4 Å². The van der Waals surface area contributed by atoms with Crippen LogP contribution in [0.1, 0.15) is 48.9 Å². The lowest BCUT2D eigenvalue weighted by Crippen LogP contribution is -3.00. The van der Waals surface area contributed by atoms with Crippen molar-refractivity contribution < 1.29 is 29.9 Å². The molecule has 7 heteroatoms. The Kier molecular flexibility index (Phi) is 11.2. The summed E-state index contributed by atoms with van der Waals surface area (Å²) in [5.74, 6) is 0. The van der Waals surface area contributed by atoms with Gasteiger partial charge in [0.05, 0.1) is 24.5 Å². The van der Waals surface area contributed by atoms with E-state index in [9.17, 15) is 8.42 Å². The Morgan fingerprint density at radius 1 is 0.744 bits per heavy atom. The summed E-state index contributed by atoms with van der Waals surface area (Å²) in [6, 6.07) is 28.7. The van der Waals surface area contributed by atoms with Crippen LogP contribution in [0.4, 0.5) is 0 Å². The second kappa shape index (κ2) is 14.5. The minimum atomic E-state index is -3.68. The maximum atomic E-state index is 14.1. The maximum Gasteiger partial charge on any atom is 0.243 e. The van der Waals surface area contributed by atoms with Crippen LogP contribution in [0.25, 0.3) is 20.9 Å². The number of hydrogen-bond acceptors (Lipinski definition) is 3. The lowest BCUT2D eigenvalue weighted by molar-refractivity contribution is -0.938. The molecule has 0 aliphatic carbocycles. The van der Waals surface area contributed by atoms with E-state index in [0.29, 0.717) is 18.0 Å². The molecule has 43 heavy (non-hydrogen) atoms. The predicted molar refractivity (Wildman–Crippen MR) is 178 cm³/mol. The van der Waals surface area contributed by atoms with Crippen molar-refractivity contribution in [2.45, 2.75) is 58.5 Å². The van der Waals surface area contributed by atoms with E-state index in [1.165, 1.54) is 26.8 Å². The van der Waals surface area contributed by atoms with E-state index in [-0.39, 0.29) is 17.0 Å². The topological polar surface area (TPSA) is 37.4 Å². The molecule has 0 atom stereocenters. The summed E-state index contributed by atoms with van der Waals surface area (Å²) >= 11 is 1.71. The molecule has 228 valence electrons. The van der Waals surface area contributed by atoms with Gasteiger partial charge in [0.15, 0.2) is 0 Å². The Bertz CT molecular complexity index is 1760. The van der Waals surface area contributed by atoms with Gasteiger partial charge in [-0.15, -0.1) is 11.3 Å². The summed E-state index contributed by atoms with van der Waals surface area (Å²) in [6.07, 6.45) is 1.79. The van der Waals surface area contributed by atoms with E-state index < -0.39 is 10.0 Å². The van der Waals surface area contributed by atoms with Gasteiger partial charge in [0.25, 0.3) is 0 Å². The highest BCUT2D eigenvalue weighted by Gasteiger charge is 2.27. The smallest absolute Gasteiger partial charge is 0.243 e. The Hall–Kier alpha value is -2.55. The quantitative estimate of drug-likeness (QED) is 0.118. The first-order chi connectivity index (χ1) is 20.2. The third-order valence-electron chi connectivity index (χ3n) is 8.67. The Morgan fingerprint density at radius 3 is 2.19 bits per heavy atom. The van der Waals surface area contributed by atoms with E-state index in [0.717, 1.165) is 59.8 Å². The standard InChI is InChI=1S/C36H43N2O2S2.BrH/c1-5-38(6-2,27-31-22-28(3)21-29(4)23-31)19-10-9-18-37(26-30-13-16-36-34(24-30)17-20-41-36)42(39,40)35-15-14-32-11-7-8-12-33(32)25-35;/h7-8,11-17,20-25H,5-6,9-10,18-19,26-27H2,1-4H3;1H/q+1;/p-1. The fourth-order valence-corrected chi connectivity index (χ4v) is 8.48. The fourth-order valence-electron chi connectivity index (χ4n) is 6.20. The van der Waals surface area contributed by atoms with Gasteiger partial charge in [-0.2, -0.15) is 4.31 Å². The first-order valence-corrected chi connectivity index (χ1v) is 17.4. The van der Waals surface area contributed by atoms with E-state index >= 15 is 0 Å².